The van der Waals surface area contributed by atoms with E-state index in [1.54, 1.807) is 13.2 Å². The molecule has 0 bridgehead atoms. The van der Waals surface area contributed by atoms with Crippen LogP contribution in [0.1, 0.15) is 0 Å². The Morgan fingerprint density at radius 1 is 1.21 bits per heavy atom. The highest BCUT2D eigenvalue weighted by Crippen LogP contribution is 2.20. The zero-order chi connectivity index (χ0) is 16.8. The molecule has 1 amide bonds. The van der Waals surface area contributed by atoms with Gasteiger partial charge in [0.1, 0.15) is 5.75 Å². The third-order valence-corrected chi connectivity index (χ3v) is 4.05. The predicted octanol–water partition coefficient (Wildman–Crippen LogP) is 3.21. The van der Waals surface area contributed by atoms with Crippen LogP contribution in [0.3, 0.4) is 0 Å². The van der Waals surface area contributed by atoms with Gasteiger partial charge in [0.15, 0.2) is 5.82 Å². The van der Waals surface area contributed by atoms with Crippen molar-refractivity contribution in [2.75, 3.05) is 18.2 Å². The minimum Gasteiger partial charge on any atom is -0.497 e. The van der Waals surface area contributed by atoms with Crippen LogP contribution in [0.25, 0.3) is 11.4 Å². The number of carbonyl (C=O) groups excluding carboxylic acids is 1. The van der Waals surface area contributed by atoms with E-state index in [4.69, 9.17) is 4.74 Å². The Morgan fingerprint density at radius 3 is 2.83 bits per heavy atom. The summed E-state index contributed by atoms with van der Waals surface area (Å²) in [6.45, 7) is 0. The summed E-state index contributed by atoms with van der Waals surface area (Å²) in [7, 11) is 1.59. The maximum absolute atomic E-state index is 12.0. The topological polar surface area (TPSA) is 79.9 Å². The van der Waals surface area contributed by atoms with Gasteiger partial charge in [0, 0.05) is 17.3 Å². The molecule has 0 radical (unpaired) electrons. The van der Waals surface area contributed by atoms with Crippen molar-refractivity contribution < 1.29 is 9.53 Å². The maximum atomic E-state index is 12.0. The van der Waals surface area contributed by atoms with Crippen molar-refractivity contribution in [2.45, 2.75) is 5.16 Å². The molecule has 0 saturated heterocycles. The van der Waals surface area contributed by atoms with E-state index in [1.807, 2.05) is 48.5 Å². The molecule has 2 aromatic carbocycles. The van der Waals surface area contributed by atoms with Crippen LogP contribution in [0, 0.1) is 0 Å². The normalized spacial score (nSPS) is 10.4. The van der Waals surface area contributed by atoms with Crippen LogP contribution in [0.4, 0.5) is 5.69 Å². The minimum absolute atomic E-state index is 0.126. The first-order chi connectivity index (χ1) is 11.7. The lowest BCUT2D eigenvalue weighted by Crippen LogP contribution is -2.14. The number of hydrogen-bond donors (Lipinski definition) is 2. The minimum atomic E-state index is -0.126. The first-order valence-electron chi connectivity index (χ1n) is 7.29. The first kappa shape index (κ1) is 16.1. The molecule has 0 unspecified atom stereocenters. The molecule has 122 valence electrons. The number of hydrogen-bond acceptors (Lipinski definition) is 5. The molecule has 0 fully saturated rings. The second-order valence-electron chi connectivity index (χ2n) is 4.90. The standard InChI is InChI=1S/C17H16N4O2S/c1-23-14-9-5-8-13(10-14)18-15(22)11-24-17-19-16(20-21-17)12-6-3-2-4-7-12/h2-10H,11H2,1H3,(H,18,22)(H,19,20,21). The quantitative estimate of drug-likeness (QED) is 0.674. The molecular formula is C17H16N4O2S. The number of nitrogens with zero attached hydrogens (tertiary/aromatic N) is 2. The Labute approximate surface area is 143 Å². The fourth-order valence-electron chi connectivity index (χ4n) is 2.06. The van der Waals surface area contributed by atoms with E-state index in [0.717, 1.165) is 5.56 Å². The van der Waals surface area contributed by atoms with Crippen LogP contribution >= 0.6 is 11.8 Å². The van der Waals surface area contributed by atoms with Crippen molar-refractivity contribution in [3.05, 3.63) is 54.6 Å². The van der Waals surface area contributed by atoms with Crippen molar-refractivity contribution in [3.8, 4) is 17.1 Å². The molecule has 0 saturated carbocycles. The molecule has 1 heterocycles. The van der Waals surface area contributed by atoms with Gasteiger partial charge in [0.2, 0.25) is 11.1 Å². The lowest BCUT2D eigenvalue weighted by molar-refractivity contribution is -0.113. The first-order valence-corrected chi connectivity index (χ1v) is 8.27. The second-order valence-corrected chi connectivity index (χ2v) is 5.84. The maximum Gasteiger partial charge on any atom is 0.234 e. The van der Waals surface area contributed by atoms with E-state index in [9.17, 15) is 4.79 Å². The highest BCUT2D eigenvalue weighted by Gasteiger charge is 2.09. The van der Waals surface area contributed by atoms with Gasteiger partial charge in [-0.05, 0) is 12.1 Å². The van der Waals surface area contributed by atoms with Crippen molar-refractivity contribution in [1.29, 1.82) is 0 Å². The van der Waals surface area contributed by atoms with Gasteiger partial charge < -0.3 is 10.1 Å². The van der Waals surface area contributed by atoms with E-state index < -0.39 is 0 Å². The van der Waals surface area contributed by atoms with E-state index >= 15 is 0 Å². The van der Waals surface area contributed by atoms with E-state index in [1.165, 1.54) is 11.8 Å². The summed E-state index contributed by atoms with van der Waals surface area (Å²) in [4.78, 5) is 16.4. The predicted molar refractivity (Wildman–Crippen MR) is 94.2 cm³/mol. The molecule has 7 heteroatoms. The fourth-order valence-corrected chi connectivity index (χ4v) is 2.66. The molecule has 3 aromatic rings. The zero-order valence-electron chi connectivity index (χ0n) is 13.0. The van der Waals surface area contributed by atoms with Crippen molar-refractivity contribution >= 4 is 23.4 Å². The average molecular weight is 340 g/mol. The van der Waals surface area contributed by atoms with Crippen LogP contribution < -0.4 is 10.1 Å². The van der Waals surface area contributed by atoms with Crippen LogP contribution in [0.15, 0.2) is 59.8 Å². The Bertz CT molecular complexity index is 820. The molecule has 0 aliphatic rings. The van der Waals surface area contributed by atoms with Gasteiger partial charge in [-0.1, -0.05) is 48.2 Å². The van der Waals surface area contributed by atoms with Gasteiger partial charge in [0.25, 0.3) is 0 Å². The summed E-state index contributed by atoms with van der Waals surface area (Å²) >= 11 is 1.28. The number of thioether (sulfide) groups is 1. The molecule has 1 aromatic heterocycles. The SMILES string of the molecule is COc1cccc(NC(=O)CSc2n[nH]c(-c3ccccc3)n2)c1. The number of anilines is 1. The summed E-state index contributed by atoms with van der Waals surface area (Å²) in [6, 6.07) is 16.9. The number of nitrogens with one attached hydrogen (secondary N) is 2. The molecule has 0 atom stereocenters. The van der Waals surface area contributed by atoms with Gasteiger partial charge in [-0.3, -0.25) is 9.89 Å². The number of methoxy groups -OCH3 is 1. The molecule has 0 aliphatic heterocycles. The second kappa shape index (κ2) is 7.65. The van der Waals surface area contributed by atoms with E-state index in [-0.39, 0.29) is 11.7 Å². The Kier molecular flexibility index (Phi) is 5.12. The Hall–Kier alpha value is -2.80. The van der Waals surface area contributed by atoms with Gasteiger partial charge >= 0.3 is 0 Å². The van der Waals surface area contributed by atoms with E-state index in [0.29, 0.717) is 22.4 Å². The van der Waals surface area contributed by atoms with Gasteiger partial charge in [-0.2, -0.15) is 0 Å². The summed E-state index contributed by atoms with van der Waals surface area (Å²) in [6.07, 6.45) is 0. The van der Waals surface area contributed by atoms with Crippen molar-refractivity contribution in [3.63, 3.8) is 0 Å². The summed E-state index contributed by atoms with van der Waals surface area (Å²) in [5, 5.41) is 10.4. The number of aromatic nitrogens is 3. The number of H-pyrrole nitrogens is 1. The monoisotopic (exact) mass is 340 g/mol. The molecule has 6 nitrogen and oxygen atoms in total. The molecule has 0 spiro atoms. The Morgan fingerprint density at radius 2 is 2.04 bits per heavy atom. The van der Waals surface area contributed by atoms with E-state index in [2.05, 4.69) is 20.5 Å². The number of amides is 1. The van der Waals surface area contributed by atoms with Crippen molar-refractivity contribution in [2.24, 2.45) is 0 Å². The van der Waals surface area contributed by atoms with Crippen molar-refractivity contribution in [1.82, 2.24) is 15.2 Å². The van der Waals surface area contributed by atoms with Gasteiger partial charge in [-0.15, -0.1) is 5.10 Å². The number of ether oxygens (including phenoxy) is 1. The number of aromatic amines is 1. The summed E-state index contributed by atoms with van der Waals surface area (Å²) < 4.78 is 5.13. The number of benzene rings is 2. The van der Waals surface area contributed by atoms with Gasteiger partial charge in [0.05, 0.1) is 12.9 Å². The largest absolute Gasteiger partial charge is 0.497 e. The molecule has 2 N–H and O–H groups in total. The summed E-state index contributed by atoms with van der Waals surface area (Å²) in [5.41, 5.74) is 1.65. The third kappa shape index (κ3) is 4.14. The van der Waals surface area contributed by atoms with Gasteiger partial charge in [-0.25, -0.2) is 4.98 Å². The van der Waals surface area contributed by atoms with Crippen LogP contribution in [-0.4, -0.2) is 34.0 Å². The van der Waals surface area contributed by atoms with Crippen LogP contribution in [0.2, 0.25) is 0 Å². The number of carbonyl (C=O) groups is 1. The van der Waals surface area contributed by atoms with Crippen LogP contribution in [0.5, 0.6) is 5.75 Å². The zero-order valence-corrected chi connectivity index (χ0v) is 13.8. The lowest BCUT2D eigenvalue weighted by Gasteiger charge is -2.06. The average Bonchev–Trinajstić information content (AvgIpc) is 3.10. The fraction of sp³-hybridized carbons (Fsp3) is 0.118. The smallest absolute Gasteiger partial charge is 0.234 e. The van der Waals surface area contributed by atoms with Crippen LogP contribution in [-0.2, 0) is 4.79 Å². The lowest BCUT2D eigenvalue weighted by atomic mass is 10.2. The molecule has 24 heavy (non-hydrogen) atoms. The third-order valence-electron chi connectivity index (χ3n) is 3.20. The number of rotatable bonds is 6. The highest BCUT2D eigenvalue weighted by atomic mass is 32.2. The molecule has 3 rings (SSSR count). The molecular weight excluding hydrogens is 324 g/mol. The summed E-state index contributed by atoms with van der Waals surface area (Å²) in [5.74, 6) is 1.48. The molecule has 0 aliphatic carbocycles. The highest BCUT2D eigenvalue weighted by molar-refractivity contribution is 7.99. The Balaban J connectivity index is 1.56.